The van der Waals surface area contributed by atoms with Gasteiger partial charge in [0.1, 0.15) is 6.33 Å². The molecule has 0 saturated carbocycles. The molecule has 80 valence electrons. The topological polar surface area (TPSA) is 71.5 Å². The van der Waals surface area contributed by atoms with E-state index in [1.54, 1.807) is 18.6 Å². The van der Waals surface area contributed by atoms with Crippen molar-refractivity contribution < 1.29 is 0 Å². The van der Waals surface area contributed by atoms with Crippen molar-refractivity contribution in [2.75, 3.05) is 0 Å². The molecule has 0 aliphatic heterocycles. The summed E-state index contributed by atoms with van der Waals surface area (Å²) in [6.45, 7) is 1.89. The van der Waals surface area contributed by atoms with Crippen molar-refractivity contribution in [1.29, 1.82) is 0 Å². The maximum absolute atomic E-state index is 11.2. The average Bonchev–Trinajstić information content (AvgIpc) is 2.31. The lowest BCUT2D eigenvalue weighted by Crippen LogP contribution is -2.07. The molecule has 1 N–H and O–H groups in total. The van der Waals surface area contributed by atoms with Gasteiger partial charge in [0, 0.05) is 29.6 Å². The fraction of sp³-hybridized carbons (Fsp3) is 0.0909. The van der Waals surface area contributed by atoms with Crippen molar-refractivity contribution in [3.05, 3.63) is 58.5 Å². The number of hydrogen-bond acceptors (Lipinski definition) is 4. The zero-order chi connectivity index (χ0) is 11.4. The summed E-state index contributed by atoms with van der Waals surface area (Å²) in [5, 5.41) is 6.10. The molecule has 0 fully saturated rings. The molecule has 0 spiro atoms. The Morgan fingerprint density at radius 2 is 2.00 bits per heavy atom. The van der Waals surface area contributed by atoms with Crippen LogP contribution in [0.3, 0.4) is 0 Å². The zero-order valence-electron chi connectivity index (χ0n) is 8.71. The first-order chi connectivity index (χ1) is 7.81. The molecule has 0 aromatic carbocycles. The second kappa shape index (κ2) is 4.48. The minimum Gasteiger partial charge on any atom is -0.268 e. The smallest absolute Gasteiger partial charge is 0.264 e. The largest absolute Gasteiger partial charge is 0.268 e. The third kappa shape index (κ3) is 2.03. The Morgan fingerprint density at radius 3 is 2.62 bits per heavy atom. The normalized spacial score (nSPS) is 11.4. The molecular formula is C11H10N4O. The van der Waals surface area contributed by atoms with Crippen LogP contribution < -0.4 is 5.56 Å². The molecule has 0 unspecified atom stereocenters. The summed E-state index contributed by atoms with van der Waals surface area (Å²) in [7, 11) is 0. The average molecular weight is 214 g/mol. The van der Waals surface area contributed by atoms with Gasteiger partial charge in [-0.2, -0.15) is 5.10 Å². The summed E-state index contributed by atoms with van der Waals surface area (Å²) in [5.41, 5.74) is 2.27. The van der Waals surface area contributed by atoms with Crippen LogP contribution in [0.4, 0.5) is 0 Å². The van der Waals surface area contributed by atoms with Crippen LogP contribution in [0.25, 0.3) is 5.57 Å². The van der Waals surface area contributed by atoms with Crippen molar-refractivity contribution in [3.63, 3.8) is 0 Å². The molecule has 0 bridgehead atoms. The standard InChI is InChI=1S/C11H10N4O/c1-2-10(9-4-12-7-13-5-9)8-3-11(16)15-14-6-8/h2-7H,1H3,(H,15,16)/b10-2-. The van der Waals surface area contributed by atoms with E-state index in [4.69, 9.17) is 0 Å². The fourth-order valence-corrected chi connectivity index (χ4v) is 1.46. The van der Waals surface area contributed by atoms with Crippen LogP contribution in [-0.4, -0.2) is 20.2 Å². The van der Waals surface area contributed by atoms with E-state index in [0.29, 0.717) is 0 Å². The van der Waals surface area contributed by atoms with E-state index in [0.717, 1.165) is 16.7 Å². The van der Waals surface area contributed by atoms with Crippen molar-refractivity contribution in [2.24, 2.45) is 0 Å². The van der Waals surface area contributed by atoms with Gasteiger partial charge in [-0.1, -0.05) is 6.08 Å². The predicted molar refractivity (Wildman–Crippen MR) is 59.6 cm³/mol. The van der Waals surface area contributed by atoms with Crippen LogP contribution in [0.5, 0.6) is 0 Å². The third-order valence-electron chi connectivity index (χ3n) is 2.14. The zero-order valence-corrected chi connectivity index (χ0v) is 8.71. The van der Waals surface area contributed by atoms with Crippen LogP contribution >= 0.6 is 0 Å². The van der Waals surface area contributed by atoms with Gasteiger partial charge in [-0.05, 0) is 12.5 Å². The van der Waals surface area contributed by atoms with Crippen molar-refractivity contribution in [3.8, 4) is 0 Å². The van der Waals surface area contributed by atoms with Crippen LogP contribution in [0, 0.1) is 0 Å². The molecule has 2 aromatic heterocycles. The summed E-state index contributed by atoms with van der Waals surface area (Å²) >= 11 is 0. The second-order valence-electron chi connectivity index (χ2n) is 3.16. The highest BCUT2D eigenvalue weighted by molar-refractivity contribution is 5.78. The second-order valence-corrected chi connectivity index (χ2v) is 3.16. The van der Waals surface area contributed by atoms with Crippen LogP contribution in [-0.2, 0) is 0 Å². The van der Waals surface area contributed by atoms with Gasteiger partial charge in [0.2, 0.25) is 0 Å². The van der Waals surface area contributed by atoms with E-state index < -0.39 is 0 Å². The van der Waals surface area contributed by atoms with Gasteiger partial charge in [0.05, 0.1) is 6.20 Å². The number of aromatic nitrogens is 4. The Hall–Kier alpha value is -2.30. The van der Waals surface area contributed by atoms with Crippen LogP contribution in [0.1, 0.15) is 18.1 Å². The lowest BCUT2D eigenvalue weighted by Gasteiger charge is -2.04. The Bertz CT molecular complexity index is 559. The lowest BCUT2D eigenvalue weighted by atomic mass is 10.0. The molecule has 0 aliphatic carbocycles. The van der Waals surface area contributed by atoms with Gasteiger partial charge in [0.25, 0.3) is 5.56 Å². The number of nitrogens with zero attached hydrogens (tertiary/aromatic N) is 3. The molecule has 5 heteroatoms. The Labute approximate surface area is 91.9 Å². The fourth-order valence-electron chi connectivity index (χ4n) is 1.46. The van der Waals surface area contributed by atoms with E-state index in [9.17, 15) is 4.79 Å². The number of allylic oxidation sites excluding steroid dienone is 1. The Balaban J connectivity index is 2.50. The number of aromatic amines is 1. The minimum atomic E-state index is -0.228. The van der Waals surface area contributed by atoms with Gasteiger partial charge in [-0.3, -0.25) is 4.79 Å². The molecule has 16 heavy (non-hydrogen) atoms. The summed E-state index contributed by atoms with van der Waals surface area (Å²) in [4.78, 5) is 19.1. The highest BCUT2D eigenvalue weighted by Crippen LogP contribution is 2.19. The van der Waals surface area contributed by atoms with Gasteiger partial charge in [0.15, 0.2) is 0 Å². The number of hydrogen-bond donors (Lipinski definition) is 1. The molecular weight excluding hydrogens is 204 g/mol. The van der Waals surface area contributed by atoms with Crippen molar-refractivity contribution in [2.45, 2.75) is 6.92 Å². The van der Waals surface area contributed by atoms with E-state index >= 15 is 0 Å². The molecule has 0 atom stereocenters. The molecule has 0 saturated heterocycles. The first-order valence-electron chi connectivity index (χ1n) is 4.78. The van der Waals surface area contributed by atoms with Crippen LogP contribution in [0.2, 0.25) is 0 Å². The van der Waals surface area contributed by atoms with Gasteiger partial charge < -0.3 is 0 Å². The highest BCUT2D eigenvalue weighted by Gasteiger charge is 2.05. The van der Waals surface area contributed by atoms with E-state index in [1.807, 2.05) is 13.0 Å². The monoisotopic (exact) mass is 214 g/mol. The molecule has 0 aliphatic rings. The molecule has 0 amide bonds. The quantitative estimate of drug-likeness (QED) is 0.809. The summed E-state index contributed by atoms with van der Waals surface area (Å²) in [6, 6.07) is 1.50. The van der Waals surface area contributed by atoms with E-state index in [2.05, 4.69) is 20.2 Å². The summed E-state index contributed by atoms with van der Waals surface area (Å²) < 4.78 is 0. The third-order valence-corrected chi connectivity index (χ3v) is 2.14. The van der Waals surface area contributed by atoms with Gasteiger partial charge in [-0.25, -0.2) is 15.1 Å². The molecule has 2 heterocycles. The Morgan fingerprint density at radius 1 is 1.25 bits per heavy atom. The molecule has 2 rings (SSSR count). The molecule has 0 radical (unpaired) electrons. The van der Waals surface area contributed by atoms with Gasteiger partial charge in [-0.15, -0.1) is 0 Å². The molecule has 5 nitrogen and oxygen atoms in total. The predicted octanol–water partition coefficient (Wildman–Crippen LogP) is 1.01. The first-order valence-corrected chi connectivity index (χ1v) is 4.78. The number of nitrogens with one attached hydrogen (secondary N) is 1. The van der Waals surface area contributed by atoms with Gasteiger partial charge >= 0.3 is 0 Å². The van der Waals surface area contributed by atoms with E-state index in [-0.39, 0.29) is 5.56 Å². The first kappa shape index (κ1) is 10.2. The maximum Gasteiger partial charge on any atom is 0.264 e. The van der Waals surface area contributed by atoms with Crippen molar-refractivity contribution >= 4 is 5.57 Å². The lowest BCUT2D eigenvalue weighted by molar-refractivity contribution is 0.982. The SMILES string of the molecule is C/C=C(\c1cncnc1)c1cn[nH]c(=O)c1. The number of rotatable bonds is 2. The molecule has 2 aromatic rings. The minimum absolute atomic E-state index is 0.228. The van der Waals surface area contributed by atoms with Crippen LogP contribution in [0.15, 0.2) is 41.9 Å². The maximum atomic E-state index is 11.2. The summed E-state index contributed by atoms with van der Waals surface area (Å²) in [5.74, 6) is 0. The highest BCUT2D eigenvalue weighted by atomic mass is 16.1. The van der Waals surface area contributed by atoms with Crippen molar-refractivity contribution in [1.82, 2.24) is 20.2 Å². The Kier molecular flexibility index (Phi) is 2.86. The van der Waals surface area contributed by atoms with E-state index in [1.165, 1.54) is 12.4 Å². The number of H-pyrrole nitrogens is 1. The summed E-state index contributed by atoms with van der Waals surface area (Å²) in [6.07, 6.45) is 8.36.